The molecule has 0 saturated carbocycles. The standard InChI is InChI=1S/C11H13N3/c12-10(11-6-7-13-14-11)8-9-4-2-1-3-5-9/h1-7,10H,8,12H2,(H,13,14). The van der Waals surface area contributed by atoms with Crippen LogP contribution in [0.5, 0.6) is 0 Å². The summed E-state index contributed by atoms with van der Waals surface area (Å²) in [5, 5.41) is 6.76. The molecule has 1 aromatic carbocycles. The van der Waals surface area contributed by atoms with E-state index >= 15 is 0 Å². The maximum absolute atomic E-state index is 6.00. The lowest BCUT2D eigenvalue weighted by Crippen LogP contribution is -2.13. The van der Waals surface area contributed by atoms with Crippen LogP contribution >= 0.6 is 0 Å². The maximum Gasteiger partial charge on any atom is 0.0522 e. The molecular formula is C11H13N3. The average molecular weight is 187 g/mol. The van der Waals surface area contributed by atoms with Crippen LogP contribution < -0.4 is 5.73 Å². The highest BCUT2D eigenvalue weighted by molar-refractivity contribution is 5.18. The molecule has 1 heterocycles. The number of benzene rings is 1. The minimum Gasteiger partial charge on any atom is -0.322 e. The summed E-state index contributed by atoms with van der Waals surface area (Å²) in [7, 11) is 0. The molecule has 3 nitrogen and oxygen atoms in total. The maximum atomic E-state index is 6.00. The van der Waals surface area contributed by atoms with Crippen molar-refractivity contribution in [1.82, 2.24) is 10.2 Å². The van der Waals surface area contributed by atoms with Crippen LogP contribution in [-0.2, 0) is 6.42 Å². The van der Waals surface area contributed by atoms with Crippen LogP contribution in [0.1, 0.15) is 17.3 Å². The second-order valence-corrected chi connectivity index (χ2v) is 3.31. The van der Waals surface area contributed by atoms with Crippen LogP contribution in [0.3, 0.4) is 0 Å². The highest BCUT2D eigenvalue weighted by Gasteiger charge is 2.07. The number of aromatic amines is 1. The molecule has 0 fully saturated rings. The molecule has 0 aliphatic rings. The smallest absolute Gasteiger partial charge is 0.0522 e. The van der Waals surface area contributed by atoms with Crippen LogP contribution in [0.4, 0.5) is 0 Å². The van der Waals surface area contributed by atoms with E-state index in [0.29, 0.717) is 0 Å². The van der Waals surface area contributed by atoms with Crippen LogP contribution in [0.25, 0.3) is 0 Å². The highest BCUT2D eigenvalue weighted by atomic mass is 15.1. The molecule has 0 radical (unpaired) electrons. The summed E-state index contributed by atoms with van der Waals surface area (Å²) in [5.41, 5.74) is 8.23. The van der Waals surface area contributed by atoms with Gasteiger partial charge in [0.2, 0.25) is 0 Å². The van der Waals surface area contributed by atoms with Crippen molar-refractivity contribution in [2.24, 2.45) is 5.73 Å². The minimum atomic E-state index is -0.0000926. The van der Waals surface area contributed by atoms with E-state index in [-0.39, 0.29) is 6.04 Å². The summed E-state index contributed by atoms with van der Waals surface area (Å²) < 4.78 is 0. The van der Waals surface area contributed by atoms with E-state index in [9.17, 15) is 0 Å². The molecule has 72 valence electrons. The van der Waals surface area contributed by atoms with Crippen molar-refractivity contribution >= 4 is 0 Å². The van der Waals surface area contributed by atoms with Crippen molar-refractivity contribution in [3.8, 4) is 0 Å². The van der Waals surface area contributed by atoms with Crippen LogP contribution in [-0.4, -0.2) is 10.2 Å². The number of hydrogen-bond donors (Lipinski definition) is 2. The van der Waals surface area contributed by atoms with Gasteiger partial charge in [0.05, 0.1) is 11.7 Å². The molecule has 0 amide bonds. The molecule has 3 N–H and O–H groups in total. The van der Waals surface area contributed by atoms with Gasteiger partial charge in [-0.05, 0) is 18.1 Å². The topological polar surface area (TPSA) is 54.7 Å². The van der Waals surface area contributed by atoms with Gasteiger partial charge in [0.25, 0.3) is 0 Å². The molecule has 0 saturated heterocycles. The van der Waals surface area contributed by atoms with E-state index in [1.54, 1.807) is 6.20 Å². The first-order valence-electron chi connectivity index (χ1n) is 4.65. The van der Waals surface area contributed by atoms with Crippen LogP contribution in [0, 0.1) is 0 Å². The van der Waals surface area contributed by atoms with Crippen molar-refractivity contribution in [3.05, 3.63) is 53.9 Å². The lowest BCUT2D eigenvalue weighted by molar-refractivity contribution is 0.692. The molecular weight excluding hydrogens is 174 g/mol. The quantitative estimate of drug-likeness (QED) is 0.767. The Balaban J connectivity index is 2.06. The van der Waals surface area contributed by atoms with Gasteiger partial charge in [0.15, 0.2) is 0 Å². The van der Waals surface area contributed by atoms with E-state index in [1.165, 1.54) is 5.56 Å². The lowest BCUT2D eigenvalue weighted by atomic mass is 10.0. The monoisotopic (exact) mass is 187 g/mol. The summed E-state index contributed by atoms with van der Waals surface area (Å²) in [6, 6.07) is 12.1. The summed E-state index contributed by atoms with van der Waals surface area (Å²) in [4.78, 5) is 0. The Hall–Kier alpha value is -1.61. The molecule has 2 aromatic rings. The second kappa shape index (κ2) is 4.07. The third kappa shape index (κ3) is 2.00. The summed E-state index contributed by atoms with van der Waals surface area (Å²) in [6.45, 7) is 0. The molecule has 0 bridgehead atoms. The number of H-pyrrole nitrogens is 1. The first kappa shape index (κ1) is 8.97. The fraction of sp³-hybridized carbons (Fsp3) is 0.182. The summed E-state index contributed by atoms with van der Waals surface area (Å²) in [6.07, 6.45) is 2.56. The lowest BCUT2D eigenvalue weighted by Gasteiger charge is -2.08. The number of nitrogens with one attached hydrogen (secondary N) is 1. The third-order valence-corrected chi connectivity index (χ3v) is 2.22. The predicted molar refractivity (Wildman–Crippen MR) is 55.7 cm³/mol. The minimum absolute atomic E-state index is 0.0000926. The van der Waals surface area contributed by atoms with Crippen molar-refractivity contribution in [2.75, 3.05) is 0 Å². The largest absolute Gasteiger partial charge is 0.322 e. The Bertz CT molecular complexity index is 367. The normalized spacial score (nSPS) is 12.6. The van der Waals surface area contributed by atoms with E-state index in [1.807, 2.05) is 24.3 Å². The molecule has 1 aromatic heterocycles. The Kier molecular flexibility index (Phi) is 2.60. The molecule has 0 spiro atoms. The molecule has 2 rings (SSSR count). The molecule has 1 atom stereocenters. The van der Waals surface area contributed by atoms with Gasteiger partial charge in [-0.25, -0.2) is 0 Å². The van der Waals surface area contributed by atoms with Gasteiger partial charge in [-0.15, -0.1) is 0 Å². The molecule has 3 heteroatoms. The highest BCUT2D eigenvalue weighted by Crippen LogP contribution is 2.12. The van der Waals surface area contributed by atoms with Gasteiger partial charge >= 0.3 is 0 Å². The zero-order valence-electron chi connectivity index (χ0n) is 7.85. The van der Waals surface area contributed by atoms with Gasteiger partial charge in [-0.1, -0.05) is 30.3 Å². The van der Waals surface area contributed by atoms with E-state index in [2.05, 4.69) is 22.3 Å². The Morgan fingerprint density at radius 2 is 2.00 bits per heavy atom. The van der Waals surface area contributed by atoms with E-state index < -0.39 is 0 Å². The average Bonchev–Trinajstić information content (AvgIpc) is 2.72. The van der Waals surface area contributed by atoms with Gasteiger partial charge in [-0.3, -0.25) is 5.10 Å². The van der Waals surface area contributed by atoms with Crippen LogP contribution in [0.15, 0.2) is 42.6 Å². The Labute approximate surface area is 83.0 Å². The molecule has 14 heavy (non-hydrogen) atoms. The summed E-state index contributed by atoms with van der Waals surface area (Å²) in [5.74, 6) is 0. The third-order valence-electron chi connectivity index (χ3n) is 2.22. The number of rotatable bonds is 3. The van der Waals surface area contributed by atoms with Crippen molar-refractivity contribution in [1.29, 1.82) is 0 Å². The van der Waals surface area contributed by atoms with Crippen LogP contribution in [0.2, 0.25) is 0 Å². The van der Waals surface area contributed by atoms with E-state index in [0.717, 1.165) is 12.1 Å². The van der Waals surface area contributed by atoms with E-state index in [4.69, 9.17) is 5.73 Å². The predicted octanol–water partition coefficient (Wildman–Crippen LogP) is 1.65. The number of nitrogens with two attached hydrogens (primary N) is 1. The first-order valence-corrected chi connectivity index (χ1v) is 4.65. The number of nitrogens with zero attached hydrogens (tertiary/aromatic N) is 1. The Morgan fingerprint density at radius 3 is 2.64 bits per heavy atom. The fourth-order valence-corrected chi connectivity index (χ4v) is 1.45. The van der Waals surface area contributed by atoms with Crippen molar-refractivity contribution in [3.63, 3.8) is 0 Å². The van der Waals surface area contributed by atoms with Crippen molar-refractivity contribution < 1.29 is 0 Å². The van der Waals surface area contributed by atoms with Crippen molar-refractivity contribution in [2.45, 2.75) is 12.5 Å². The van der Waals surface area contributed by atoms with Gasteiger partial charge in [0, 0.05) is 6.20 Å². The molecule has 1 unspecified atom stereocenters. The zero-order valence-corrected chi connectivity index (χ0v) is 7.85. The Morgan fingerprint density at radius 1 is 1.21 bits per heavy atom. The molecule has 0 aliphatic heterocycles. The first-order chi connectivity index (χ1) is 6.86. The van der Waals surface area contributed by atoms with Gasteiger partial charge in [0.1, 0.15) is 0 Å². The zero-order chi connectivity index (χ0) is 9.80. The second-order valence-electron chi connectivity index (χ2n) is 3.31. The van der Waals surface area contributed by atoms with Gasteiger partial charge < -0.3 is 5.73 Å². The number of aromatic nitrogens is 2. The fourth-order valence-electron chi connectivity index (χ4n) is 1.45. The van der Waals surface area contributed by atoms with Gasteiger partial charge in [-0.2, -0.15) is 5.10 Å². The SMILES string of the molecule is NC(Cc1ccccc1)c1ccn[nH]1. The number of hydrogen-bond acceptors (Lipinski definition) is 2. The molecule has 0 aliphatic carbocycles. The summed E-state index contributed by atoms with van der Waals surface area (Å²) >= 11 is 0.